The van der Waals surface area contributed by atoms with E-state index in [0.717, 1.165) is 18.2 Å². The number of fused-ring (bicyclic) bond motifs is 1. The van der Waals surface area contributed by atoms with E-state index in [4.69, 9.17) is 9.47 Å². The molecule has 0 radical (unpaired) electrons. The summed E-state index contributed by atoms with van der Waals surface area (Å²) in [5.41, 5.74) is 0.591. The quantitative estimate of drug-likeness (QED) is 0.354. The summed E-state index contributed by atoms with van der Waals surface area (Å²) in [6.07, 6.45) is 4.23. The fraction of sp³-hybridized carbons (Fsp3) is 0.367. The minimum Gasteiger partial charge on any atom is -0.444 e. The van der Waals surface area contributed by atoms with Crippen molar-refractivity contribution in [2.75, 3.05) is 13.2 Å². The van der Waals surface area contributed by atoms with E-state index < -0.39 is 35.2 Å². The normalized spacial score (nSPS) is 17.9. The monoisotopic (exact) mass is 540 g/mol. The van der Waals surface area contributed by atoms with Gasteiger partial charge in [-0.3, -0.25) is 14.7 Å². The van der Waals surface area contributed by atoms with Crippen LogP contribution in [0.15, 0.2) is 54.7 Å². The zero-order valence-electron chi connectivity index (χ0n) is 22.1. The zero-order valence-corrected chi connectivity index (χ0v) is 22.1. The topological polar surface area (TPSA) is 68.7 Å². The van der Waals surface area contributed by atoms with E-state index in [1.165, 1.54) is 23.1 Å². The predicted molar refractivity (Wildman–Crippen MR) is 142 cm³/mol. The number of ether oxygens (including phenoxy) is 2. The number of pyridine rings is 1. The van der Waals surface area contributed by atoms with E-state index in [9.17, 15) is 22.8 Å². The first-order valence-corrected chi connectivity index (χ1v) is 12.8. The molecule has 0 aliphatic carbocycles. The second-order valence-electron chi connectivity index (χ2n) is 10.5. The van der Waals surface area contributed by atoms with Crippen LogP contribution in [0.1, 0.15) is 44.7 Å². The lowest BCUT2D eigenvalue weighted by Crippen LogP contribution is -2.49. The molecule has 1 saturated heterocycles. The van der Waals surface area contributed by atoms with Gasteiger partial charge in [0.2, 0.25) is 0 Å². The molecule has 0 bridgehead atoms. The number of aromatic nitrogens is 1. The van der Waals surface area contributed by atoms with E-state index in [0.29, 0.717) is 29.3 Å². The Balaban J connectivity index is 1.43. The fourth-order valence-electron chi connectivity index (χ4n) is 4.50. The number of benzene rings is 2. The van der Waals surface area contributed by atoms with Crippen LogP contribution in [-0.2, 0) is 20.7 Å². The third-order valence-corrected chi connectivity index (χ3v) is 6.40. The Hall–Kier alpha value is -3.72. The maximum Gasteiger partial charge on any atom is 0.410 e. The average Bonchev–Trinajstić information content (AvgIpc) is 2.88. The average molecular weight is 541 g/mol. The molecule has 1 aliphatic heterocycles. The lowest BCUT2D eigenvalue weighted by atomic mass is 9.96. The predicted octanol–water partition coefficient (Wildman–Crippen LogP) is 6.26. The summed E-state index contributed by atoms with van der Waals surface area (Å²) in [4.78, 5) is 31.8. The molecule has 2 aromatic carbocycles. The lowest BCUT2D eigenvalue weighted by molar-refractivity contribution is -0.135. The molecule has 2 atom stereocenters. The van der Waals surface area contributed by atoms with E-state index in [1.807, 2.05) is 0 Å². The summed E-state index contributed by atoms with van der Waals surface area (Å²) in [6, 6.07) is 8.72. The van der Waals surface area contributed by atoms with Crippen LogP contribution >= 0.6 is 0 Å². The first kappa shape index (κ1) is 28.3. The molecule has 0 spiro atoms. The van der Waals surface area contributed by atoms with Crippen LogP contribution in [0, 0.1) is 17.5 Å². The molecule has 0 saturated carbocycles. The molecule has 4 rings (SSSR count). The highest BCUT2D eigenvalue weighted by atomic mass is 19.1. The molecule has 39 heavy (non-hydrogen) atoms. The van der Waals surface area contributed by atoms with Gasteiger partial charge >= 0.3 is 6.09 Å². The minimum atomic E-state index is -0.742. The molecule has 0 unspecified atom stereocenters. The van der Waals surface area contributed by atoms with Gasteiger partial charge in [0.25, 0.3) is 0 Å². The van der Waals surface area contributed by atoms with Crippen LogP contribution in [0.2, 0.25) is 0 Å². The number of ketones is 1. The number of halogens is 3. The SMILES string of the molecule is CC(C)(C)OC(=O)N(C/C=C/c1cc(F)ccc1F)[C@@H]1CC[C@@H](C(=O)Cc2ccnc3ccc(F)cc23)OC1. The fourth-order valence-corrected chi connectivity index (χ4v) is 4.50. The Morgan fingerprint density at radius 1 is 1.08 bits per heavy atom. The summed E-state index contributed by atoms with van der Waals surface area (Å²) < 4.78 is 52.8. The number of hydrogen-bond acceptors (Lipinski definition) is 5. The molecule has 1 amide bonds. The van der Waals surface area contributed by atoms with E-state index in [1.54, 1.807) is 45.2 Å². The van der Waals surface area contributed by atoms with Crippen molar-refractivity contribution >= 4 is 28.9 Å². The van der Waals surface area contributed by atoms with E-state index in [2.05, 4.69) is 4.98 Å². The van der Waals surface area contributed by atoms with Crippen molar-refractivity contribution < 1.29 is 32.2 Å². The summed E-state index contributed by atoms with van der Waals surface area (Å²) >= 11 is 0. The largest absolute Gasteiger partial charge is 0.444 e. The molecular weight excluding hydrogens is 509 g/mol. The lowest BCUT2D eigenvalue weighted by Gasteiger charge is -2.37. The van der Waals surface area contributed by atoms with Crippen molar-refractivity contribution in [3.05, 3.63) is 83.3 Å². The number of amides is 1. The van der Waals surface area contributed by atoms with Crippen molar-refractivity contribution in [3.8, 4) is 0 Å². The van der Waals surface area contributed by atoms with Crippen LogP contribution in [0.3, 0.4) is 0 Å². The molecule has 2 heterocycles. The van der Waals surface area contributed by atoms with Crippen LogP contribution in [0.5, 0.6) is 0 Å². The zero-order chi connectivity index (χ0) is 28.2. The maximum absolute atomic E-state index is 14.0. The number of carbonyl (C=O) groups is 2. The summed E-state index contributed by atoms with van der Waals surface area (Å²) in [6.45, 7) is 5.43. The van der Waals surface area contributed by atoms with Crippen LogP contribution in [-0.4, -0.2) is 52.7 Å². The first-order valence-electron chi connectivity index (χ1n) is 12.8. The maximum atomic E-state index is 14.0. The van der Waals surface area contributed by atoms with Crippen molar-refractivity contribution in [2.45, 2.75) is 57.8 Å². The Bertz CT molecular complexity index is 1380. The van der Waals surface area contributed by atoms with Gasteiger partial charge in [-0.15, -0.1) is 0 Å². The van der Waals surface area contributed by atoms with Crippen LogP contribution in [0.25, 0.3) is 17.0 Å². The summed E-state index contributed by atoms with van der Waals surface area (Å²) in [7, 11) is 0. The van der Waals surface area contributed by atoms with Gasteiger partial charge in [0.1, 0.15) is 29.2 Å². The van der Waals surface area contributed by atoms with Gasteiger partial charge in [0, 0.05) is 30.1 Å². The van der Waals surface area contributed by atoms with Gasteiger partial charge in [-0.1, -0.05) is 12.2 Å². The van der Waals surface area contributed by atoms with Crippen molar-refractivity contribution in [3.63, 3.8) is 0 Å². The molecule has 1 aromatic heterocycles. The summed E-state index contributed by atoms with van der Waals surface area (Å²) in [5, 5.41) is 0.581. The highest BCUT2D eigenvalue weighted by molar-refractivity contribution is 5.91. The van der Waals surface area contributed by atoms with Crippen molar-refractivity contribution in [2.24, 2.45) is 0 Å². The van der Waals surface area contributed by atoms with Gasteiger partial charge < -0.3 is 9.47 Å². The second kappa shape index (κ2) is 12.0. The first-order chi connectivity index (χ1) is 18.5. The molecule has 1 aliphatic rings. The van der Waals surface area contributed by atoms with Gasteiger partial charge in [0.05, 0.1) is 18.2 Å². The van der Waals surface area contributed by atoms with Crippen molar-refractivity contribution in [1.29, 1.82) is 0 Å². The highest BCUT2D eigenvalue weighted by Crippen LogP contribution is 2.25. The number of nitrogens with zero attached hydrogens (tertiary/aromatic N) is 2. The van der Waals surface area contributed by atoms with E-state index >= 15 is 0 Å². The van der Waals surface area contributed by atoms with Gasteiger partial charge in [-0.05, 0) is 81.6 Å². The number of hydrogen-bond donors (Lipinski definition) is 0. The number of Topliss-reactive ketones (excluding diaryl/α,β-unsaturated/α-hetero) is 1. The van der Waals surface area contributed by atoms with Crippen LogP contribution < -0.4 is 0 Å². The Kier molecular flexibility index (Phi) is 8.70. The smallest absolute Gasteiger partial charge is 0.410 e. The number of carbonyl (C=O) groups excluding carboxylic acids is 2. The molecule has 3 aromatic rings. The summed E-state index contributed by atoms with van der Waals surface area (Å²) in [5.74, 6) is -1.70. The van der Waals surface area contributed by atoms with Gasteiger partial charge in [-0.25, -0.2) is 18.0 Å². The van der Waals surface area contributed by atoms with Crippen molar-refractivity contribution in [1.82, 2.24) is 9.88 Å². The van der Waals surface area contributed by atoms with Gasteiger partial charge in [0.15, 0.2) is 5.78 Å². The molecular formula is C30H31F3N2O4. The molecule has 0 N–H and O–H groups in total. The minimum absolute atomic E-state index is 0.0632. The number of rotatable bonds is 7. The molecule has 206 valence electrons. The van der Waals surface area contributed by atoms with E-state index in [-0.39, 0.29) is 37.0 Å². The third kappa shape index (κ3) is 7.44. The Labute approximate surface area is 225 Å². The Morgan fingerprint density at radius 3 is 2.54 bits per heavy atom. The van der Waals surface area contributed by atoms with Crippen LogP contribution in [0.4, 0.5) is 18.0 Å². The Morgan fingerprint density at radius 2 is 1.82 bits per heavy atom. The molecule has 6 nitrogen and oxygen atoms in total. The van der Waals surface area contributed by atoms with Gasteiger partial charge in [-0.2, -0.15) is 0 Å². The molecule has 9 heteroatoms. The molecule has 1 fully saturated rings. The third-order valence-electron chi connectivity index (χ3n) is 6.40. The highest BCUT2D eigenvalue weighted by Gasteiger charge is 2.34. The standard InChI is InChI=1S/C30H31F3N2O4/c1-30(2,3)39-29(37)35(14-4-5-20-15-21(31)6-9-25(20)33)23-8-11-28(38-18-23)27(36)16-19-12-13-34-26-10-7-22(32)17-24(19)26/h4-7,9-10,12-13,15,17,23,28H,8,11,14,16,18H2,1-3H3/b5-4+/t23-,28+/m1/s1. The second-order valence-corrected chi connectivity index (χ2v) is 10.5.